The molecule has 2 aliphatic carbocycles. The van der Waals surface area contributed by atoms with E-state index in [0.717, 1.165) is 43.9 Å². The predicted molar refractivity (Wildman–Crippen MR) is 64.7 cm³/mol. The summed E-state index contributed by atoms with van der Waals surface area (Å²) in [7, 11) is 0. The van der Waals surface area contributed by atoms with E-state index in [0.29, 0.717) is 0 Å². The van der Waals surface area contributed by atoms with Crippen LogP contribution < -0.4 is 0 Å². The van der Waals surface area contributed by atoms with Crippen molar-refractivity contribution in [1.29, 1.82) is 0 Å². The van der Waals surface area contributed by atoms with E-state index in [-0.39, 0.29) is 5.79 Å². The highest BCUT2D eigenvalue weighted by Crippen LogP contribution is 2.47. The van der Waals surface area contributed by atoms with Gasteiger partial charge in [0.2, 0.25) is 0 Å². The molecule has 0 aromatic carbocycles. The second-order valence-electron chi connectivity index (χ2n) is 6.39. The minimum atomic E-state index is -0.186. The number of nitrogens with zero attached hydrogens (tertiary/aromatic N) is 1. The molecule has 0 amide bonds. The Morgan fingerprint density at radius 3 is 2.29 bits per heavy atom. The minimum absolute atomic E-state index is 0.186. The number of ether oxygens (including phenoxy) is 2. The van der Waals surface area contributed by atoms with Crippen LogP contribution >= 0.6 is 0 Å². The number of piperidine rings is 1. The van der Waals surface area contributed by atoms with Crippen LogP contribution in [0.25, 0.3) is 0 Å². The molecule has 4 aliphatic rings. The molecule has 3 heteroatoms. The largest absolute Gasteiger partial charge is 0.347 e. The molecule has 2 saturated heterocycles. The first-order chi connectivity index (χ1) is 8.35. The fourth-order valence-electron chi connectivity index (χ4n) is 4.64. The summed E-state index contributed by atoms with van der Waals surface area (Å²) < 4.78 is 11.6. The van der Waals surface area contributed by atoms with Gasteiger partial charge in [-0.15, -0.1) is 0 Å². The van der Waals surface area contributed by atoms with Crippen LogP contribution in [-0.2, 0) is 9.47 Å². The smallest absolute Gasteiger partial charge is 0.170 e. The molecule has 17 heavy (non-hydrogen) atoms. The Kier molecular flexibility index (Phi) is 2.50. The second kappa shape index (κ2) is 3.94. The maximum Gasteiger partial charge on any atom is 0.170 e. The van der Waals surface area contributed by atoms with Gasteiger partial charge in [0.25, 0.3) is 0 Å². The molecule has 2 bridgehead atoms. The first-order valence-electron chi connectivity index (χ1n) is 7.37. The minimum Gasteiger partial charge on any atom is -0.347 e. The van der Waals surface area contributed by atoms with Gasteiger partial charge in [0.15, 0.2) is 5.79 Å². The zero-order valence-corrected chi connectivity index (χ0v) is 10.6. The molecule has 2 aliphatic heterocycles. The lowest BCUT2D eigenvalue weighted by atomic mass is 9.91. The van der Waals surface area contributed by atoms with Gasteiger partial charge in [-0.1, -0.05) is 6.42 Å². The van der Waals surface area contributed by atoms with Gasteiger partial charge in [0, 0.05) is 32.0 Å². The van der Waals surface area contributed by atoms with Crippen LogP contribution in [0.5, 0.6) is 0 Å². The lowest BCUT2D eigenvalue weighted by molar-refractivity contribution is -0.189. The Morgan fingerprint density at radius 2 is 1.71 bits per heavy atom. The molecule has 0 radical (unpaired) electrons. The van der Waals surface area contributed by atoms with Crippen molar-refractivity contribution in [2.45, 2.75) is 50.4 Å². The SMILES string of the molecule is C1COC2(CCN(C3CC4CCC3C4)CC2)O1. The summed E-state index contributed by atoms with van der Waals surface area (Å²) in [6.07, 6.45) is 8.15. The number of likely N-dealkylation sites (tertiary alicyclic amines) is 1. The molecular weight excluding hydrogens is 214 g/mol. The lowest BCUT2D eigenvalue weighted by Crippen LogP contribution is -2.50. The Hall–Kier alpha value is -0.120. The van der Waals surface area contributed by atoms with E-state index in [9.17, 15) is 0 Å². The zero-order chi connectivity index (χ0) is 11.3. The number of fused-ring (bicyclic) bond motifs is 2. The third kappa shape index (κ3) is 1.74. The van der Waals surface area contributed by atoms with E-state index in [1.54, 1.807) is 0 Å². The average Bonchev–Trinajstić information content (AvgIpc) is 3.06. The van der Waals surface area contributed by atoms with Crippen LogP contribution in [0.4, 0.5) is 0 Å². The van der Waals surface area contributed by atoms with E-state index in [2.05, 4.69) is 4.90 Å². The van der Waals surface area contributed by atoms with Crippen molar-refractivity contribution < 1.29 is 9.47 Å². The van der Waals surface area contributed by atoms with Crippen molar-refractivity contribution >= 4 is 0 Å². The Bertz CT molecular complexity index is 291. The molecule has 0 aromatic rings. The fraction of sp³-hybridized carbons (Fsp3) is 1.00. The summed E-state index contributed by atoms with van der Waals surface area (Å²) >= 11 is 0. The summed E-state index contributed by atoms with van der Waals surface area (Å²) in [4.78, 5) is 2.74. The van der Waals surface area contributed by atoms with Gasteiger partial charge in [0.05, 0.1) is 13.2 Å². The number of hydrogen-bond donors (Lipinski definition) is 0. The Balaban J connectivity index is 1.39. The Labute approximate surface area is 103 Å². The van der Waals surface area contributed by atoms with E-state index in [4.69, 9.17) is 9.47 Å². The van der Waals surface area contributed by atoms with Crippen LogP contribution in [-0.4, -0.2) is 43.0 Å². The van der Waals surface area contributed by atoms with Gasteiger partial charge in [-0.25, -0.2) is 0 Å². The van der Waals surface area contributed by atoms with E-state index in [1.807, 2.05) is 0 Å². The van der Waals surface area contributed by atoms with Gasteiger partial charge in [-0.3, -0.25) is 4.90 Å². The first kappa shape index (κ1) is 10.8. The highest BCUT2D eigenvalue weighted by atomic mass is 16.7. The molecule has 1 spiro atoms. The monoisotopic (exact) mass is 237 g/mol. The van der Waals surface area contributed by atoms with Crippen LogP contribution in [0, 0.1) is 11.8 Å². The standard InChI is InChI=1S/C14H23NO2/c1-2-12-9-11(1)10-13(12)15-5-3-14(4-6-15)16-7-8-17-14/h11-13H,1-10H2. The number of hydrogen-bond acceptors (Lipinski definition) is 3. The summed E-state index contributed by atoms with van der Waals surface area (Å²) in [5.41, 5.74) is 0. The van der Waals surface area contributed by atoms with Crippen LogP contribution in [0.1, 0.15) is 38.5 Å². The van der Waals surface area contributed by atoms with Crippen molar-refractivity contribution in [3.05, 3.63) is 0 Å². The third-order valence-corrected chi connectivity index (χ3v) is 5.54. The maximum absolute atomic E-state index is 5.81. The maximum atomic E-state index is 5.81. The van der Waals surface area contributed by atoms with E-state index < -0.39 is 0 Å². The van der Waals surface area contributed by atoms with Gasteiger partial charge in [0.1, 0.15) is 0 Å². The second-order valence-corrected chi connectivity index (χ2v) is 6.39. The first-order valence-corrected chi connectivity index (χ1v) is 7.37. The van der Waals surface area contributed by atoms with Crippen molar-refractivity contribution in [1.82, 2.24) is 4.90 Å². The molecule has 96 valence electrons. The summed E-state index contributed by atoms with van der Waals surface area (Å²) in [5, 5.41) is 0. The molecule has 2 saturated carbocycles. The third-order valence-electron chi connectivity index (χ3n) is 5.54. The van der Waals surface area contributed by atoms with Crippen molar-refractivity contribution in [2.75, 3.05) is 26.3 Å². The lowest BCUT2D eigenvalue weighted by Gasteiger charge is -2.42. The molecule has 2 heterocycles. The normalized spacial score (nSPS) is 44.8. The van der Waals surface area contributed by atoms with E-state index in [1.165, 1.54) is 38.8 Å². The van der Waals surface area contributed by atoms with Crippen LogP contribution in [0.2, 0.25) is 0 Å². The van der Waals surface area contributed by atoms with Gasteiger partial charge < -0.3 is 9.47 Å². The molecule has 3 atom stereocenters. The highest BCUT2D eigenvalue weighted by molar-refractivity contribution is 4.97. The van der Waals surface area contributed by atoms with E-state index >= 15 is 0 Å². The molecule has 3 unspecified atom stereocenters. The number of rotatable bonds is 1. The molecule has 4 rings (SSSR count). The average molecular weight is 237 g/mol. The predicted octanol–water partition coefficient (Wildman–Crippen LogP) is 2.01. The van der Waals surface area contributed by atoms with Gasteiger partial charge in [-0.05, 0) is 31.1 Å². The van der Waals surface area contributed by atoms with Gasteiger partial charge >= 0.3 is 0 Å². The fourth-order valence-corrected chi connectivity index (χ4v) is 4.64. The Morgan fingerprint density at radius 1 is 0.941 bits per heavy atom. The molecule has 0 aromatic heterocycles. The van der Waals surface area contributed by atoms with Crippen molar-refractivity contribution in [3.63, 3.8) is 0 Å². The molecule has 4 fully saturated rings. The molecule has 3 nitrogen and oxygen atoms in total. The van der Waals surface area contributed by atoms with Crippen LogP contribution in [0.15, 0.2) is 0 Å². The zero-order valence-electron chi connectivity index (χ0n) is 10.6. The molecule has 0 N–H and O–H groups in total. The molecular formula is C14H23NO2. The van der Waals surface area contributed by atoms with Crippen molar-refractivity contribution in [3.8, 4) is 0 Å². The summed E-state index contributed by atoms with van der Waals surface area (Å²) in [6.45, 7) is 3.98. The highest BCUT2D eigenvalue weighted by Gasteiger charge is 2.46. The van der Waals surface area contributed by atoms with Crippen LogP contribution in [0.3, 0.4) is 0 Å². The summed E-state index contributed by atoms with van der Waals surface area (Å²) in [5.74, 6) is 1.88. The quantitative estimate of drug-likeness (QED) is 0.696. The van der Waals surface area contributed by atoms with Gasteiger partial charge in [-0.2, -0.15) is 0 Å². The topological polar surface area (TPSA) is 21.7 Å². The van der Waals surface area contributed by atoms with Crippen molar-refractivity contribution in [2.24, 2.45) is 11.8 Å². The summed E-state index contributed by atoms with van der Waals surface area (Å²) in [6, 6.07) is 0.896.